The van der Waals surface area contributed by atoms with Crippen molar-refractivity contribution in [3.8, 4) is 0 Å². The van der Waals surface area contributed by atoms with Crippen LogP contribution in [0.3, 0.4) is 0 Å². The number of carbonyl (C=O) groups excluding carboxylic acids is 1. The molecule has 0 aromatic heterocycles. The molecule has 0 heterocycles. The molecule has 1 N–H and O–H groups in total. The Morgan fingerprint density at radius 2 is 1.42 bits per heavy atom. The highest BCUT2D eigenvalue weighted by atomic mass is 16.2. The Bertz CT molecular complexity index is 596. The van der Waals surface area contributed by atoms with E-state index in [1.807, 2.05) is 48.3 Å². The van der Waals surface area contributed by atoms with Crippen molar-refractivity contribution in [2.75, 3.05) is 7.05 Å². The second-order valence-corrected chi connectivity index (χ2v) is 6.61. The zero-order chi connectivity index (χ0) is 16.8. The van der Waals surface area contributed by atoms with Crippen LogP contribution in [-0.4, -0.2) is 24.0 Å². The number of nitrogens with one attached hydrogen (secondary N) is 1. The largest absolute Gasteiger partial charge is 0.327 e. The third kappa shape index (κ3) is 3.97. The fourth-order valence-electron chi connectivity index (χ4n) is 3.51. The first kappa shape index (κ1) is 16.6. The lowest BCUT2D eigenvalue weighted by Gasteiger charge is -2.33. The summed E-state index contributed by atoms with van der Waals surface area (Å²) in [5.41, 5.74) is 2.21. The summed E-state index contributed by atoms with van der Waals surface area (Å²) in [5.74, 6) is 0. The van der Waals surface area contributed by atoms with Gasteiger partial charge in [-0.05, 0) is 24.0 Å². The quantitative estimate of drug-likeness (QED) is 0.865. The Hall–Kier alpha value is -2.29. The van der Waals surface area contributed by atoms with Crippen molar-refractivity contribution in [3.05, 3.63) is 71.8 Å². The van der Waals surface area contributed by atoms with E-state index in [1.54, 1.807) is 0 Å². The maximum Gasteiger partial charge on any atom is 0.318 e. The minimum absolute atomic E-state index is 0.0135. The SMILES string of the molecule is CN(C(=O)NC(c1ccccc1)c1ccccc1)C1CCCCC1. The zero-order valence-corrected chi connectivity index (χ0v) is 14.3. The molecule has 1 aliphatic rings. The van der Waals surface area contributed by atoms with E-state index >= 15 is 0 Å². The number of hydrogen-bond donors (Lipinski definition) is 1. The van der Waals surface area contributed by atoms with Crippen LogP contribution in [0.25, 0.3) is 0 Å². The van der Waals surface area contributed by atoms with Gasteiger partial charge < -0.3 is 10.2 Å². The number of amides is 2. The number of nitrogens with zero attached hydrogens (tertiary/aromatic N) is 1. The highest BCUT2D eigenvalue weighted by molar-refractivity contribution is 5.75. The smallest absolute Gasteiger partial charge is 0.318 e. The molecule has 1 fully saturated rings. The van der Waals surface area contributed by atoms with Crippen LogP contribution in [0.4, 0.5) is 4.79 Å². The minimum atomic E-state index is -0.119. The second-order valence-electron chi connectivity index (χ2n) is 6.61. The molecule has 3 rings (SSSR count). The predicted molar refractivity (Wildman–Crippen MR) is 97.9 cm³/mol. The van der Waals surface area contributed by atoms with Gasteiger partial charge in [0.05, 0.1) is 6.04 Å². The van der Waals surface area contributed by atoms with Gasteiger partial charge in [-0.15, -0.1) is 0 Å². The number of rotatable bonds is 4. The van der Waals surface area contributed by atoms with Gasteiger partial charge >= 0.3 is 6.03 Å². The first-order valence-corrected chi connectivity index (χ1v) is 8.89. The monoisotopic (exact) mass is 322 g/mol. The third-order valence-electron chi connectivity index (χ3n) is 4.98. The Labute approximate surface area is 144 Å². The predicted octanol–water partition coefficient (Wildman–Crippen LogP) is 4.75. The molecule has 1 saturated carbocycles. The van der Waals surface area contributed by atoms with Crippen LogP contribution < -0.4 is 5.32 Å². The Morgan fingerprint density at radius 1 is 0.917 bits per heavy atom. The molecule has 2 aromatic carbocycles. The van der Waals surface area contributed by atoms with Crippen molar-refractivity contribution in [2.45, 2.75) is 44.2 Å². The lowest BCUT2D eigenvalue weighted by Crippen LogP contribution is -2.45. The molecule has 0 aliphatic heterocycles. The van der Waals surface area contributed by atoms with E-state index in [0.717, 1.165) is 24.0 Å². The van der Waals surface area contributed by atoms with Crippen molar-refractivity contribution in [2.24, 2.45) is 0 Å². The summed E-state index contributed by atoms with van der Waals surface area (Å²) in [6, 6.07) is 20.6. The van der Waals surface area contributed by atoms with Gasteiger partial charge in [0.2, 0.25) is 0 Å². The van der Waals surface area contributed by atoms with Gasteiger partial charge in [-0.1, -0.05) is 79.9 Å². The highest BCUT2D eigenvalue weighted by Crippen LogP contribution is 2.24. The summed E-state index contributed by atoms with van der Waals surface area (Å²) in [6.45, 7) is 0. The third-order valence-corrected chi connectivity index (χ3v) is 4.98. The van der Waals surface area contributed by atoms with Crippen molar-refractivity contribution in [3.63, 3.8) is 0 Å². The topological polar surface area (TPSA) is 32.3 Å². The van der Waals surface area contributed by atoms with Crippen molar-refractivity contribution in [1.29, 1.82) is 0 Å². The molecular formula is C21H26N2O. The van der Waals surface area contributed by atoms with Gasteiger partial charge in [0.15, 0.2) is 0 Å². The van der Waals surface area contributed by atoms with Gasteiger partial charge in [-0.25, -0.2) is 4.79 Å². The number of benzene rings is 2. The van der Waals surface area contributed by atoms with Gasteiger partial charge in [0, 0.05) is 13.1 Å². The molecule has 0 spiro atoms. The summed E-state index contributed by atoms with van der Waals surface area (Å²) in [4.78, 5) is 14.7. The molecule has 0 atom stereocenters. The van der Waals surface area contributed by atoms with Gasteiger partial charge in [0.25, 0.3) is 0 Å². The molecule has 0 saturated heterocycles. The summed E-state index contributed by atoms with van der Waals surface area (Å²) in [5, 5.41) is 3.23. The summed E-state index contributed by atoms with van der Waals surface area (Å²) in [7, 11) is 1.93. The second kappa shape index (κ2) is 8.00. The molecule has 0 radical (unpaired) electrons. The molecule has 24 heavy (non-hydrogen) atoms. The van der Waals surface area contributed by atoms with E-state index in [4.69, 9.17) is 0 Å². The highest BCUT2D eigenvalue weighted by Gasteiger charge is 2.24. The lowest BCUT2D eigenvalue weighted by atomic mass is 9.94. The average Bonchev–Trinajstić information content (AvgIpc) is 2.67. The molecule has 0 unspecified atom stereocenters. The number of carbonyl (C=O) groups is 1. The standard InChI is InChI=1S/C21H26N2O/c1-23(19-15-9-4-10-16-19)21(24)22-20(17-11-5-2-6-12-17)18-13-7-3-8-14-18/h2-3,5-8,11-14,19-20H,4,9-10,15-16H2,1H3,(H,22,24). The van der Waals surface area contributed by atoms with Crippen molar-refractivity contribution < 1.29 is 4.79 Å². The van der Waals surface area contributed by atoms with E-state index in [2.05, 4.69) is 29.6 Å². The molecule has 1 aliphatic carbocycles. The van der Waals surface area contributed by atoms with Crippen LogP contribution in [0.5, 0.6) is 0 Å². The lowest BCUT2D eigenvalue weighted by molar-refractivity contribution is 0.171. The van der Waals surface area contributed by atoms with E-state index in [-0.39, 0.29) is 12.1 Å². The van der Waals surface area contributed by atoms with Crippen LogP contribution in [0.2, 0.25) is 0 Å². The van der Waals surface area contributed by atoms with E-state index in [0.29, 0.717) is 6.04 Å². The molecule has 126 valence electrons. The maximum atomic E-state index is 12.8. The van der Waals surface area contributed by atoms with Crippen LogP contribution in [-0.2, 0) is 0 Å². The Balaban J connectivity index is 1.77. The maximum absolute atomic E-state index is 12.8. The Kier molecular flexibility index (Phi) is 5.52. The molecule has 3 nitrogen and oxygen atoms in total. The van der Waals surface area contributed by atoms with E-state index < -0.39 is 0 Å². The summed E-state index contributed by atoms with van der Waals surface area (Å²) >= 11 is 0. The summed E-state index contributed by atoms with van der Waals surface area (Å²) < 4.78 is 0. The molecule has 2 amide bonds. The molecule has 2 aromatic rings. The number of urea groups is 1. The van der Waals surface area contributed by atoms with Crippen LogP contribution in [0.1, 0.15) is 49.3 Å². The zero-order valence-electron chi connectivity index (χ0n) is 14.3. The molecule has 3 heteroatoms. The fourth-order valence-corrected chi connectivity index (χ4v) is 3.51. The van der Waals surface area contributed by atoms with Gasteiger partial charge in [0.1, 0.15) is 0 Å². The minimum Gasteiger partial charge on any atom is -0.327 e. The molecule has 0 bridgehead atoms. The first-order chi connectivity index (χ1) is 11.8. The van der Waals surface area contributed by atoms with Crippen molar-refractivity contribution in [1.82, 2.24) is 10.2 Å². The summed E-state index contributed by atoms with van der Waals surface area (Å²) in [6.07, 6.45) is 5.98. The van der Waals surface area contributed by atoms with Gasteiger partial charge in [-0.2, -0.15) is 0 Å². The van der Waals surface area contributed by atoms with Crippen molar-refractivity contribution >= 4 is 6.03 Å². The van der Waals surface area contributed by atoms with Crippen LogP contribution in [0, 0.1) is 0 Å². The van der Waals surface area contributed by atoms with Crippen LogP contribution >= 0.6 is 0 Å². The first-order valence-electron chi connectivity index (χ1n) is 8.89. The average molecular weight is 322 g/mol. The van der Waals surface area contributed by atoms with E-state index in [9.17, 15) is 4.79 Å². The van der Waals surface area contributed by atoms with Gasteiger partial charge in [-0.3, -0.25) is 0 Å². The molecular weight excluding hydrogens is 296 g/mol. The number of hydrogen-bond acceptors (Lipinski definition) is 1. The normalized spacial score (nSPS) is 15.2. The fraction of sp³-hybridized carbons (Fsp3) is 0.381. The Morgan fingerprint density at radius 3 is 1.92 bits per heavy atom. The van der Waals surface area contributed by atoms with Crippen LogP contribution in [0.15, 0.2) is 60.7 Å². The van der Waals surface area contributed by atoms with E-state index in [1.165, 1.54) is 19.3 Å².